The van der Waals surface area contributed by atoms with Crippen LogP contribution < -0.4 is 4.74 Å². The summed E-state index contributed by atoms with van der Waals surface area (Å²) in [7, 11) is 0. The van der Waals surface area contributed by atoms with E-state index in [0.717, 1.165) is 30.4 Å². The number of ketones is 1. The highest BCUT2D eigenvalue weighted by Crippen LogP contribution is 2.40. The fourth-order valence-electron chi connectivity index (χ4n) is 2.38. The Hall–Kier alpha value is -1.96. The van der Waals surface area contributed by atoms with Crippen molar-refractivity contribution in [3.63, 3.8) is 0 Å². The van der Waals surface area contributed by atoms with Crippen LogP contribution in [0.25, 0.3) is 0 Å². The molecule has 5 nitrogen and oxygen atoms in total. The molecule has 1 saturated carbocycles. The van der Waals surface area contributed by atoms with E-state index in [0.29, 0.717) is 11.5 Å². The Kier molecular flexibility index (Phi) is 5.13. The van der Waals surface area contributed by atoms with Gasteiger partial charge in [0.25, 0.3) is 0 Å². The molecule has 0 unspecified atom stereocenters. The van der Waals surface area contributed by atoms with Crippen molar-refractivity contribution in [2.24, 2.45) is 0 Å². The summed E-state index contributed by atoms with van der Waals surface area (Å²) < 4.78 is 30.5. The summed E-state index contributed by atoms with van der Waals surface area (Å²) in [6.45, 7) is -0.0686. The van der Waals surface area contributed by atoms with E-state index in [1.807, 2.05) is 6.92 Å². The quantitative estimate of drug-likeness (QED) is 0.534. The van der Waals surface area contributed by atoms with Crippen LogP contribution in [0.5, 0.6) is 5.75 Å². The van der Waals surface area contributed by atoms with Crippen LogP contribution in [0.1, 0.15) is 41.9 Å². The lowest BCUT2D eigenvalue weighted by Gasteiger charge is -2.07. The normalized spacial score (nSPS) is 14.2. The van der Waals surface area contributed by atoms with Crippen LogP contribution in [0, 0.1) is 0 Å². The average Bonchev–Trinajstić information content (AvgIpc) is 3.32. The van der Waals surface area contributed by atoms with Crippen molar-refractivity contribution in [1.29, 1.82) is 0 Å². The molecule has 1 heterocycles. The Morgan fingerprint density at radius 1 is 1.33 bits per heavy atom. The molecule has 0 amide bonds. The van der Waals surface area contributed by atoms with Gasteiger partial charge in [-0.25, -0.2) is 0 Å². The van der Waals surface area contributed by atoms with Crippen LogP contribution in [0.3, 0.4) is 0 Å². The summed E-state index contributed by atoms with van der Waals surface area (Å²) in [6, 6.07) is 5.70. The number of ether oxygens (including phenoxy) is 1. The molecule has 0 radical (unpaired) electrons. The van der Waals surface area contributed by atoms with Crippen molar-refractivity contribution in [1.82, 2.24) is 14.8 Å². The maximum atomic E-state index is 12.2. The smallest absolute Gasteiger partial charge is 0.387 e. The van der Waals surface area contributed by atoms with Gasteiger partial charge in [0.1, 0.15) is 11.6 Å². The number of alkyl halides is 2. The van der Waals surface area contributed by atoms with Gasteiger partial charge in [0, 0.05) is 18.0 Å². The lowest BCUT2D eigenvalue weighted by Crippen LogP contribution is -2.06. The monoisotopic (exact) mass is 353 g/mol. The van der Waals surface area contributed by atoms with Crippen molar-refractivity contribution in [3.8, 4) is 5.75 Å². The zero-order valence-corrected chi connectivity index (χ0v) is 13.9. The minimum absolute atomic E-state index is 0.0361. The first-order valence-electron chi connectivity index (χ1n) is 7.72. The zero-order chi connectivity index (χ0) is 17.1. The van der Waals surface area contributed by atoms with E-state index in [1.165, 1.54) is 36.0 Å². The third kappa shape index (κ3) is 3.92. The first kappa shape index (κ1) is 16.9. The van der Waals surface area contributed by atoms with E-state index in [9.17, 15) is 13.6 Å². The van der Waals surface area contributed by atoms with E-state index in [1.54, 1.807) is 0 Å². The summed E-state index contributed by atoms with van der Waals surface area (Å²) in [5.74, 6) is 1.67. The van der Waals surface area contributed by atoms with Crippen LogP contribution >= 0.6 is 11.8 Å². The topological polar surface area (TPSA) is 57.0 Å². The zero-order valence-electron chi connectivity index (χ0n) is 13.1. The summed E-state index contributed by atoms with van der Waals surface area (Å²) >= 11 is 1.34. The number of hydrogen-bond donors (Lipinski definition) is 0. The van der Waals surface area contributed by atoms with Gasteiger partial charge < -0.3 is 9.30 Å². The number of hydrogen-bond acceptors (Lipinski definition) is 5. The molecule has 1 fully saturated rings. The number of aromatic nitrogens is 3. The maximum Gasteiger partial charge on any atom is 0.387 e. The number of benzene rings is 1. The number of Topliss-reactive ketones (excluding diaryl/α,β-unsaturated/α-hetero) is 1. The van der Waals surface area contributed by atoms with Gasteiger partial charge in [-0.2, -0.15) is 8.78 Å². The van der Waals surface area contributed by atoms with Crippen molar-refractivity contribution in [2.75, 3.05) is 5.75 Å². The minimum atomic E-state index is -2.87. The third-order valence-corrected chi connectivity index (χ3v) is 4.70. The van der Waals surface area contributed by atoms with E-state index in [2.05, 4.69) is 19.5 Å². The maximum absolute atomic E-state index is 12.2. The molecule has 3 rings (SSSR count). The van der Waals surface area contributed by atoms with Crippen molar-refractivity contribution >= 4 is 17.5 Å². The fourth-order valence-corrected chi connectivity index (χ4v) is 3.29. The highest BCUT2D eigenvalue weighted by molar-refractivity contribution is 7.99. The van der Waals surface area contributed by atoms with Gasteiger partial charge in [-0.15, -0.1) is 10.2 Å². The molecule has 1 aliphatic rings. The molecule has 8 heteroatoms. The highest BCUT2D eigenvalue weighted by atomic mass is 32.2. The van der Waals surface area contributed by atoms with Crippen molar-refractivity contribution in [2.45, 2.75) is 44.0 Å². The van der Waals surface area contributed by atoms with Gasteiger partial charge in [-0.05, 0) is 44.0 Å². The second-order valence-electron chi connectivity index (χ2n) is 5.47. The van der Waals surface area contributed by atoms with Gasteiger partial charge in [-0.3, -0.25) is 4.79 Å². The van der Waals surface area contributed by atoms with Crippen LogP contribution in [0.2, 0.25) is 0 Å². The predicted molar refractivity (Wildman–Crippen MR) is 85.8 cm³/mol. The largest absolute Gasteiger partial charge is 0.435 e. The molecule has 1 aromatic heterocycles. The number of thioether (sulfide) groups is 1. The summed E-state index contributed by atoms with van der Waals surface area (Å²) in [6.07, 6.45) is 2.30. The lowest BCUT2D eigenvalue weighted by atomic mass is 10.1. The van der Waals surface area contributed by atoms with E-state index >= 15 is 0 Å². The molecule has 2 aromatic rings. The van der Waals surface area contributed by atoms with E-state index in [4.69, 9.17) is 0 Å². The second-order valence-corrected chi connectivity index (χ2v) is 6.42. The molecule has 0 spiro atoms. The first-order chi connectivity index (χ1) is 11.6. The Labute approximate surface area is 142 Å². The molecule has 1 aromatic carbocycles. The summed E-state index contributed by atoms with van der Waals surface area (Å²) in [5.41, 5.74) is 0.453. The minimum Gasteiger partial charge on any atom is -0.435 e. The van der Waals surface area contributed by atoms with E-state index in [-0.39, 0.29) is 17.3 Å². The van der Waals surface area contributed by atoms with Crippen LogP contribution in [-0.2, 0) is 6.54 Å². The number of carbonyl (C=O) groups is 1. The molecule has 0 atom stereocenters. The van der Waals surface area contributed by atoms with Gasteiger partial charge in [0.15, 0.2) is 10.9 Å². The van der Waals surface area contributed by atoms with Gasteiger partial charge in [0.2, 0.25) is 0 Å². The number of rotatable bonds is 8. The number of carbonyl (C=O) groups excluding carboxylic acids is 1. The Morgan fingerprint density at radius 2 is 2.04 bits per heavy atom. The van der Waals surface area contributed by atoms with Crippen LogP contribution in [-0.4, -0.2) is 32.9 Å². The SMILES string of the molecule is CCn1c(SCC(=O)c2ccc(OC(F)F)cc2)nnc1C1CC1. The molecule has 0 bridgehead atoms. The molecule has 0 saturated heterocycles. The molecule has 24 heavy (non-hydrogen) atoms. The second kappa shape index (κ2) is 7.29. The summed E-state index contributed by atoms with van der Waals surface area (Å²) in [4.78, 5) is 12.2. The fraction of sp³-hybridized carbons (Fsp3) is 0.438. The van der Waals surface area contributed by atoms with Crippen molar-refractivity contribution < 1.29 is 18.3 Å². The third-order valence-electron chi connectivity index (χ3n) is 3.74. The van der Waals surface area contributed by atoms with Crippen molar-refractivity contribution in [3.05, 3.63) is 35.7 Å². The average molecular weight is 353 g/mol. The van der Waals surface area contributed by atoms with Gasteiger partial charge in [-0.1, -0.05) is 11.8 Å². The molecule has 0 N–H and O–H groups in total. The molecule has 1 aliphatic carbocycles. The van der Waals surface area contributed by atoms with Crippen LogP contribution in [0.15, 0.2) is 29.4 Å². The molecule has 128 valence electrons. The lowest BCUT2D eigenvalue weighted by molar-refractivity contribution is -0.0498. The first-order valence-corrected chi connectivity index (χ1v) is 8.71. The standard InChI is InChI=1S/C16H17F2N3O2S/c1-2-21-14(11-3-4-11)19-20-16(21)24-9-13(22)10-5-7-12(8-6-10)23-15(17)18/h5-8,11,15H,2-4,9H2,1H3. The van der Waals surface area contributed by atoms with Crippen LogP contribution in [0.4, 0.5) is 8.78 Å². The molecular weight excluding hydrogens is 336 g/mol. The highest BCUT2D eigenvalue weighted by Gasteiger charge is 2.30. The Bertz CT molecular complexity index is 715. The van der Waals surface area contributed by atoms with Gasteiger partial charge in [0.05, 0.1) is 5.75 Å². The number of nitrogens with zero attached hydrogens (tertiary/aromatic N) is 3. The molecule has 0 aliphatic heterocycles. The Morgan fingerprint density at radius 3 is 2.62 bits per heavy atom. The van der Waals surface area contributed by atoms with Gasteiger partial charge >= 0.3 is 6.61 Å². The summed E-state index contributed by atoms with van der Waals surface area (Å²) in [5, 5.41) is 9.15. The predicted octanol–water partition coefficient (Wildman–Crippen LogP) is 3.75. The molecular formula is C16H17F2N3O2S. The number of halogens is 2. The Balaban J connectivity index is 1.61. The van der Waals surface area contributed by atoms with E-state index < -0.39 is 6.61 Å².